The van der Waals surface area contributed by atoms with E-state index in [2.05, 4.69) is 35.1 Å². The number of fused-ring (bicyclic) bond motifs is 3. The van der Waals surface area contributed by atoms with Crippen molar-refractivity contribution in [2.75, 3.05) is 0 Å². The monoisotopic (exact) mass is 421 g/mol. The summed E-state index contributed by atoms with van der Waals surface area (Å²) in [5.74, 6) is -0.519. The first-order valence-electron chi connectivity index (χ1n) is 11.0. The fourth-order valence-corrected chi connectivity index (χ4v) is 5.28. The molecular formula is C24H27N3O4. The summed E-state index contributed by atoms with van der Waals surface area (Å²) in [5, 5.41) is 10.5. The van der Waals surface area contributed by atoms with E-state index in [9.17, 15) is 5.11 Å². The summed E-state index contributed by atoms with van der Waals surface area (Å²) in [6.45, 7) is 5.98. The van der Waals surface area contributed by atoms with Gasteiger partial charge in [0.25, 0.3) is 0 Å². The van der Waals surface area contributed by atoms with E-state index in [4.69, 9.17) is 14.2 Å². The number of ether oxygens (including phenoxy) is 3. The van der Waals surface area contributed by atoms with Crippen molar-refractivity contribution < 1.29 is 19.3 Å². The topological polar surface area (TPSA) is 78.6 Å². The molecule has 2 aromatic heterocycles. The van der Waals surface area contributed by atoms with Crippen LogP contribution in [0.2, 0.25) is 0 Å². The van der Waals surface area contributed by atoms with Gasteiger partial charge in [0.15, 0.2) is 12.0 Å². The third kappa shape index (κ3) is 2.95. The second-order valence-corrected chi connectivity index (χ2v) is 9.31. The molecule has 4 heterocycles. The molecule has 1 N–H and O–H groups in total. The molecule has 162 valence electrons. The van der Waals surface area contributed by atoms with Crippen LogP contribution in [-0.4, -0.2) is 43.7 Å². The van der Waals surface area contributed by atoms with E-state index in [-0.39, 0.29) is 37.1 Å². The number of aryl methyl sites for hydroxylation is 2. The van der Waals surface area contributed by atoms with Crippen molar-refractivity contribution in [3.05, 3.63) is 59.2 Å². The lowest BCUT2D eigenvalue weighted by molar-refractivity contribution is -0.198. The van der Waals surface area contributed by atoms with Crippen LogP contribution in [0.25, 0.3) is 11.0 Å². The number of benzene rings is 1. The number of hydrogen-bond donors (Lipinski definition) is 1. The van der Waals surface area contributed by atoms with Crippen molar-refractivity contribution in [1.29, 1.82) is 0 Å². The van der Waals surface area contributed by atoms with E-state index in [1.165, 1.54) is 29.4 Å². The number of nitrogens with zero attached hydrogens (tertiary/aromatic N) is 3. The highest BCUT2D eigenvalue weighted by atomic mass is 16.8. The highest BCUT2D eigenvalue weighted by Crippen LogP contribution is 2.47. The average molecular weight is 421 g/mol. The third-order valence-electron chi connectivity index (χ3n) is 6.99. The number of hydrogen-bond acceptors (Lipinski definition) is 6. The zero-order valence-electron chi connectivity index (χ0n) is 18.0. The molecule has 1 aliphatic carbocycles. The summed E-state index contributed by atoms with van der Waals surface area (Å²) in [6.07, 6.45) is 4.80. The van der Waals surface area contributed by atoms with Crippen molar-refractivity contribution in [2.45, 2.75) is 76.5 Å². The van der Waals surface area contributed by atoms with E-state index in [1.807, 2.05) is 30.7 Å². The van der Waals surface area contributed by atoms with E-state index in [1.54, 1.807) is 0 Å². The molecule has 0 bridgehead atoms. The Bertz CT molecular complexity index is 1160. The molecule has 2 aliphatic heterocycles. The van der Waals surface area contributed by atoms with Crippen LogP contribution in [-0.2, 0) is 33.7 Å². The molecule has 3 aliphatic rings. The van der Waals surface area contributed by atoms with E-state index in [0.29, 0.717) is 5.69 Å². The lowest BCUT2D eigenvalue weighted by atomic mass is 9.83. The number of aliphatic hydroxyl groups excluding tert-OH is 1. The molecule has 0 amide bonds. The van der Waals surface area contributed by atoms with Gasteiger partial charge in [-0.05, 0) is 49.4 Å². The van der Waals surface area contributed by atoms with Gasteiger partial charge < -0.3 is 23.9 Å². The van der Waals surface area contributed by atoms with Crippen LogP contribution in [0.4, 0.5) is 0 Å². The number of rotatable bonds is 4. The van der Waals surface area contributed by atoms with Crippen molar-refractivity contribution in [2.24, 2.45) is 0 Å². The molecule has 1 aromatic carbocycles. The Kier molecular flexibility index (Phi) is 4.27. The molecule has 2 saturated heterocycles. The second-order valence-electron chi connectivity index (χ2n) is 9.31. The van der Waals surface area contributed by atoms with Crippen LogP contribution in [0.15, 0.2) is 36.8 Å². The van der Waals surface area contributed by atoms with Gasteiger partial charge in [0.1, 0.15) is 24.2 Å². The van der Waals surface area contributed by atoms with Gasteiger partial charge in [0.2, 0.25) is 0 Å². The lowest BCUT2D eigenvalue weighted by Crippen LogP contribution is -2.33. The first-order valence-corrected chi connectivity index (χ1v) is 11.0. The lowest BCUT2D eigenvalue weighted by Gasteiger charge is -2.29. The van der Waals surface area contributed by atoms with Crippen LogP contribution in [0.3, 0.4) is 0 Å². The van der Waals surface area contributed by atoms with Crippen molar-refractivity contribution >= 4 is 11.0 Å². The van der Waals surface area contributed by atoms with Gasteiger partial charge in [0.05, 0.1) is 18.4 Å². The SMILES string of the molecule is C[C@H](c1ccc2c(c1)CC2)[C@H]1O[C@@H](n2ccc3c(CO)ncnc32)[C@@H]2OC(C)(C)O[C@@H]21. The van der Waals surface area contributed by atoms with E-state index in [0.717, 1.165) is 17.5 Å². The highest BCUT2D eigenvalue weighted by molar-refractivity contribution is 5.78. The normalized spacial score (nSPS) is 29.5. The van der Waals surface area contributed by atoms with Crippen LogP contribution in [0.1, 0.15) is 55.3 Å². The van der Waals surface area contributed by atoms with Gasteiger partial charge in [-0.25, -0.2) is 9.97 Å². The minimum absolute atomic E-state index is 0.134. The molecule has 0 saturated carbocycles. The predicted octanol–water partition coefficient (Wildman–Crippen LogP) is 3.24. The molecule has 7 heteroatoms. The maximum atomic E-state index is 9.64. The Balaban J connectivity index is 1.38. The molecule has 0 unspecified atom stereocenters. The van der Waals surface area contributed by atoms with Crippen LogP contribution < -0.4 is 0 Å². The maximum Gasteiger partial charge on any atom is 0.164 e. The van der Waals surface area contributed by atoms with Crippen LogP contribution in [0, 0.1) is 0 Å². The molecule has 2 fully saturated rings. The molecule has 0 radical (unpaired) electrons. The first kappa shape index (κ1) is 19.4. The number of aromatic nitrogens is 3. The summed E-state index contributed by atoms with van der Waals surface area (Å²) in [7, 11) is 0. The molecule has 3 aromatic rings. The quantitative estimate of drug-likeness (QED) is 0.697. The highest BCUT2D eigenvalue weighted by Gasteiger charge is 2.57. The minimum atomic E-state index is -0.677. The fraction of sp³-hybridized carbons (Fsp3) is 0.500. The Morgan fingerprint density at radius 2 is 1.94 bits per heavy atom. The van der Waals surface area contributed by atoms with Crippen molar-refractivity contribution in [3.8, 4) is 0 Å². The first-order chi connectivity index (χ1) is 14.9. The molecule has 7 nitrogen and oxygen atoms in total. The van der Waals surface area contributed by atoms with E-state index >= 15 is 0 Å². The van der Waals surface area contributed by atoms with Crippen molar-refractivity contribution in [1.82, 2.24) is 14.5 Å². The van der Waals surface area contributed by atoms with Crippen LogP contribution >= 0.6 is 0 Å². The third-order valence-corrected chi connectivity index (χ3v) is 6.99. The number of aliphatic hydroxyl groups is 1. The average Bonchev–Trinajstić information content (AvgIpc) is 3.38. The molecule has 6 rings (SSSR count). The van der Waals surface area contributed by atoms with Gasteiger partial charge in [-0.15, -0.1) is 0 Å². The predicted molar refractivity (Wildman–Crippen MR) is 113 cm³/mol. The van der Waals surface area contributed by atoms with Gasteiger partial charge in [-0.1, -0.05) is 25.1 Å². The Morgan fingerprint density at radius 3 is 2.68 bits per heavy atom. The Morgan fingerprint density at radius 1 is 1.13 bits per heavy atom. The Hall–Kier alpha value is -2.32. The largest absolute Gasteiger partial charge is 0.390 e. The van der Waals surface area contributed by atoms with Gasteiger partial charge >= 0.3 is 0 Å². The summed E-state index contributed by atoms with van der Waals surface area (Å²) >= 11 is 0. The van der Waals surface area contributed by atoms with E-state index < -0.39 is 5.79 Å². The molecule has 0 spiro atoms. The summed E-state index contributed by atoms with van der Waals surface area (Å²) in [5.41, 5.74) is 5.51. The van der Waals surface area contributed by atoms with Gasteiger partial charge in [-0.3, -0.25) is 0 Å². The Labute approximate surface area is 181 Å². The molecule has 5 atom stereocenters. The fourth-order valence-electron chi connectivity index (χ4n) is 5.28. The summed E-state index contributed by atoms with van der Waals surface area (Å²) in [6, 6.07) is 8.72. The summed E-state index contributed by atoms with van der Waals surface area (Å²) < 4.78 is 21.3. The van der Waals surface area contributed by atoms with Gasteiger partial charge in [-0.2, -0.15) is 0 Å². The molecule has 31 heavy (non-hydrogen) atoms. The smallest absolute Gasteiger partial charge is 0.164 e. The molecular weight excluding hydrogens is 394 g/mol. The summed E-state index contributed by atoms with van der Waals surface area (Å²) in [4.78, 5) is 8.65. The van der Waals surface area contributed by atoms with Crippen LogP contribution in [0.5, 0.6) is 0 Å². The minimum Gasteiger partial charge on any atom is -0.390 e. The second kappa shape index (κ2) is 6.84. The van der Waals surface area contributed by atoms with Gasteiger partial charge in [0, 0.05) is 17.5 Å². The standard InChI is InChI=1S/C24H27N3O4/c1-13(15-6-4-14-5-7-16(14)10-15)19-20-21(31-24(2,3)30-20)23(29-19)27-9-8-17-18(11-28)25-12-26-22(17)27/h4,6,8-10,12-13,19-21,23,28H,5,7,11H2,1-3H3/t13-,19-,20-,21-,23-/m1/s1. The maximum absolute atomic E-state index is 9.64. The zero-order chi connectivity index (χ0) is 21.3. The van der Waals surface area contributed by atoms with Crippen molar-refractivity contribution in [3.63, 3.8) is 0 Å². The zero-order valence-corrected chi connectivity index (χ0v) is 18.0.